The fourth-order valence-electron chi connectivity index (χ4n) is 1.70. The molecule has 2 rings (SSSR count). The number of amides is 1. The fraction of sp³-hybridized carbons (Fsp3) is 0.308. The second-order valence-electron chi connectivity index (χ2n) is 3.68. The number of alkyl carbamates (subject to hydrolysis) is 1. The van der Waals surface area contributed by atoms with Gasteiger partial charge in [-0.25, -0.2) is 4.79 Å². The first-order valence-electron chi connectivity index (χ1n) is 5.43. The monoisotopic (exact) mass is 247 g/mol. The molecule has 5 heteroatoms. The first kappa shape index (κ1) is 12.1. The molecular weight excluding hydrogens is 234 g/mol. The maximum atomic E-state index is 11.0. The average Bonchev–Trinajstić information content (AvgIpc) is 2.82. The normalized spacial score (nSPS) is 17.6. The zero-order valence-electron chi connectivity index (χ0n) is 9.93. The smallest absolute Gasteiger partial charge is 0.407 e. The van der Waals surface area contributed by atoms with Gasteiger partial charge in [-0.1, -0.05) is 12.0 Å². The SMILES string of the molecule is C#CCOc1cc(C2CNC(=O)O2)ccc1OC. The van der Waals surface area contributed by atoms with E-state index >= 15 is 0 Å². The minimum absolute atomic E-state index is 0.155. The third-order valence-corrected chi connectivity index (χ3v) is 2.55. The molecule has 1 N–H and O–H groups in total. The second kappa shape index (κ2) is 5.32. The lowest BCUT2D eigenvalue weighted by atomic mass is 10.1. The number of hydrogen-bond donors (Lipinski definition) is 1. The first-order valence-corrected chi connectivity index (χ1v) is 5.43. The number of cyclic esters (lactones) is 1. The lowest BCUT2D eigenvalue weighted by molar-refractivity contribution is 0.141. The Bertz CT molecular complexity index is 492. The Balaban J connectivity index is 2.22. The third-order valence-electron chi connectivity index (χ3n) is 2.55. The van der Waals surface area contributed by atoms with Crippen molar-refractivity contribution < 1.29 is 19.0 Å². The van der Waals surface area contributed by atoms with Crippen molar-refractivity contribution in [1.82, 2.24) is 5.32 Å². The number of methoxy groups -OCH3 is 1. The molecule has 0 spiro atoms. The summed E-state index contributed by atoms with van der Waals surface area (Å²) >= 11 is 0. The maximum absolute atomic E-state index is 11.0. The Labute approximate surface area is 105 Å². The summed E-state index contributed by atoms with van der Waals surface area (Å²) in [6.45, 7) is 0.599. The van der Waals surface area contributed by atoms with Gasteiger partial charge in [-0.15, -0.1) is 6.42 Å². The Morgan fingerprint density at radius 3 is 3.00 bits per heavy atom. The number of terminal acetylenes is 1. The van der Waals surface area contributed by atoms with Gasteiger partial charge in [0.2, 0.25) is 0 Å². The number of nitrogens with one attached hydrogen (secondary N) is 1. The van der Waals surface area contributed by atoms with Gasteiger partial charge in [-0.2, -0.15) is 0 Å². The number of rotatable bonds is 4. The van der Waals surface area contributed by atoms with Crippen LogP contribution in [0.25, 0.3) is 0 Å². The fourth-order valence-corrected chi connectivity index (χ4v) is 1.70. The molecule has 1 amide bonds. The zero-order chi connectivity index (χ0) is 13.0. The largest absolute Gasteiger partial charge is 0.493 e. The van der Waals surface area contributed by atoms with Crippen LogP contribution in [0.3, 0.4) is 0 Å². The molecule has 1 aliphatic rings. The van der Waals surface area contributed by atoms with Gasteiger partial charge >= 0.3 is 6.09 Å². The van der Waals surface area contributed by atoms with Crippen LogP contribution in [0.2, 0.25) is 0 Å². The molecule has 18 heavy (non-hydrogen) atoms. The van der Waals surface area contributed by atoms with E-state index in [-0.39, 0.29) is 12.7 Å². The predicted octanol–water partition coefficient (Wildman–Crippen LogP) is 1.49. The molecular formula is C13H13NO4. The number of benzene rings is 1. The molecule has 1 aliphatic heterocycles. The number of carbonyl (C=O) groups is 1. The summed E-state index contributed by atoms with van der Waals surface area (Å²) in [5, 5.41) is 2.59. The highest BCUT2D eigenvalue weighted by Gasteiger charge is 2.25. The quantitative estimate of drug-likeness (QED) is 0.819. The van der Waals surface area contributed by atoms with Gasteiger partial charge in [0.1, 0.15) is 12.7 Å². The number of hydrogen-bond acceptors (Lipinski definition) is 4. The lowest BCUT2D eigenvalue weighted by Gasteiger charge is -2.13. The van der Waals surface area contributed by atoms with Crippen LogP contribution in [0.5, 0.6) is 11.5 Å². The molecule has 1 aromatic rings. The topological polar surface area (TPSA) is 56.8 Å². The average molecular weight is 247 g/mol. The van der Waals surface area contributed by atoms with E-state index in [0.717, 1.165) is 5.56 Å². The Morgan fingerprint density at radius 2 is 2.39 bits per heavy atom. The highest BCUT2D eigenvalue weighted by Crippen LogP contribution is 2.32. The second-order valence-corrected chi connectivity index (χ2v) is 3.68. The van der Waals surface area contributed by atoms with Crippen LogP contribution >= 0.6 is 0 Å². The van der Waals surface area contributed by atoms with Crippen molar-refractivity contribution in [2.75, 3.05) is 20.3 Å². The van der Waals surface area contributed by atoms with Crippen LogP contribution in [0.4, 0.5) is 4.79 Å². The van der Waals surface area contributed by atoms with Crippen LogP contribution < -0.4 is 14.8 Å². The molecule has 1 fully saturated rings. The third kappa shape index (κ3) is 2.48. The van der Waals surface area contributed by atoms with Crippen molar-refractivity contribution in [1.29, 1.82) is 0 Å². The number of ether oxygens (including phenoxy) is 3. The van der Waals surface area contributed by atoms with Crippen LogP contribution in [-0.2, 0) is 4.74 Å². The van der Waals surface area contributed by atoms with Gasteiger partial charge in [0, 0.05) is 0 Å². The van der Waals surface area contributed by atoms with E-state index in [1.54, 1.807) is 19.2 Å². The standard InChI is InChI=1S/C13H13NO4/c1-3-6-17-11-7-9(4-5-10(11)16-2)12-8-14-13(15)18-12/h1,4-5,7,12H,6,8H2,2H3,(H,14,15). The van der Waals surface area contributed by atoms with E-state index in [2.05, 4.69) is 11.2 Å². The molecule has 0 bridgehead atoms. The Hall–Kier alpha value is -2.35. The Kier molecular flexibility index (Phi) is 3.58. The van der Waals surface area contributed by atoms with Gasteiger partial charge in [-0.3, -0.25) is 0 Å². The Morgan fingerprint density at radius 1 is 1.56 bits per heavy atom. The minimum atomic E-state index is -0.415. The van der Waals surface area contributed by atoms with E-state index in [1.165, 1.54) is 0 Å². The van der Waals surface area contributed by atoms with Crippen molar-refractivity contribution in [2.45, 2.75) is 6.10 Å². The highest BCUT2D eigenvalue weighted by atomic mass is 16.6. The van der Waals surface area contributed by atoms with E-state index < -0.39 is 6.09 Å². The van der Waals surface area contributed by atoms with Gasteiger partial charge in [0.05, 0.1) is 13.7 Å². The molecule has 1 atom stereocenters. The molecule has 1 aromatic carbocycles. The van der Waals surface area contributed by atoms with Crippen LogP contribution in [0, 0.1) is 12.3 Å². The van der Waals surface area contributed by atoms with Crippen LogP contribution in [-0.4, -0.2) is 26.4 Å². The summed E-state index contributed by atoms with van der Waals surface area (Å²) in [5.41, 5.74) is 0.834. The van der Waals surface area contributed by atoms with E-state index in [4.69, 9.17) is 20.6 Å². The van der Waals surface area contributed by atoms with Crippen LogP contribution in [0.1, 0.15) is 11.7 Å². The zero-order valence-corrected chi connectivity index (χ0v) is 9.93. The predicted molar refractivity (Wildman–Crippen MR) is 64.5 cm³/mol. The summed E-state index contributed by atoms with van der Waals surface area (Å²) < 4.78 is 15.6. The van der Waals surface area contributed by atoms with Crippen molar-refractivity contribution in [3.63, 3.8) is 0 Å². The van der Waals surface area contributed by atoms with Gasteiger partial charge in [0.15, 0.2) is 11.5 Å². The summed E-state index contributed by atoms with van der Waals surface area (Å²) in [7, 11) is 1.55. The number of carbonyl (C=O) groups excluding carboxylic acids is 1. The minimum Gasteiger partial charge on any atom is -0.493 e. The summed E-state index contributed by atoms with van der Waals surface area (Å²) in [6.07, 6.45) is 4.43. The van der Waals surface area contributed by atoms with Crippen molar-refractivity contribution in [2.24, 2.45) is 0 Å². The molecule has 5 nitrogen and oxygen atoms in total. The lowest BCUT2D eigenvalue weighted by Crippen LogP contribution is -2.12. The summed E-state index contributed by atoms with van der Waals surface area (Å²) in [6, 6.07) is 5.35. The molecule has 1 unspecified atom stereocenters. The maximum Gasteiger partial charge on any atom is 0.407 e. The van der Waals surface area contributed by atoms with Crippen molar-refractivity contribution in [3.8, 4) is 23.8 Å². The molecule has 1 saturated heterocycles. The molecule has 0 aliphatic carbocycles. The molecule has 1 heterocycles. The van der Waals surface area contributed by atoms with Crippen molar-refractivity contribution >= 4 is 6.09 Å². The van der Waals surface area contributed by atoms with Gasteiger partial charge < -0.3 is 19.5 Å². The first-order chi connectivity index (χ1) is 8.74. The highest BCUT2D eigenvalue weighted by molar-refractivity contribution is 5.69. The van der Waals surface area contributed by atoms with E-state index in [1.807, 2.05) is 6.07 Å². The van der Waals surface area contributed by atoms with Gasteiger partial charge in [-0.05, 0) is 17.7 Å². The van der Waals surface area contributed by atoms with Crippen LogP contribution in [0.15, 0.2) is 18.2 Å². The molecule has 0 radical (unpaired) electrons. The summed E-state index contributed by atoms with van der Waals surface area (Å²) in [5.74, 6) is 3.52. The molecule has 0 saturated carbocycles. The molecule has 0 aromatic heterocycles. The van der Waals surface area contributed by atoms with E-state index in [9.17, 15) is 4.79 Å². The molecule has 94 valence electrons. The summed E-state index contributed by atoms with van der Waals surface area (Å²) in [4.78, 5) is 11.0. The van der Waals surface area contributed by atoms with Crippen molar-refractivity contribution in [3.05, 3.63) is 23.8 Å². The van der Waals surface area contributed by atoms with E-state index in [0.29, 0.717) is 18.0 Å². The van der Waals surface area contributed by atoms with Gasteiger partial charge in [0.25, 0.3) is 0 Å².